The lowest BCUT2D eigenvalue weighted by Crippen LogP contribution is -2.49. The standard InChI is InChI=1S/C24H23F2IN4O2S/c25-24(26,18-4-2-1-3-5-18)22-16-21(17-6-7-17)28-23(29-22)30-12-14-31(15-13-30)34(32,33)20-10-8-19(27)9-11-20/h1-5,8-11,16-17H,6-7,12-15H2. The van der Waals surface area contributed by atoms with Gasteiger partial charge in [0, 0.05) is 46.9 Å². The molecule has 0 spiro atoms. The third-order valence-electron chi connectivity index (χ3n) is 6.16. The molecule has 5 rings (SSSR count). The fraction of sp³-hybridized carbons (Fsp3) is 0.333. The maximum absolute atomic E-state index is 15.3. The van der Waals surface area contributed by atoms with E-state index in [2.05, 4.69) is 32.6 Å². The first kappa shape index (κ1) is 23.6. The summed E-state index contributed by atoms with van der Waals surface area (Å²) in [6.07, 6.45) is 1.85. The molecule has 0 bridgehead atoms. The van der Waals surface area contributed by atoms with Gasteiger partial charge in [0.25, 0.3) is 0 Å². The quantitative estimate of drug-likeness (QED) is 0.389. The molecule has 0 N–H and O–H groups in total. The second-order valence-electron chi connectivity index (χ2n) is 8.54. The molecule has 2 fully saturated rings. The molecule has 10 heteroatoms. The number of alkyl halides is 2. The second kappa shape index (κ2) is 9.12. The topological polar surface area (TPSA) is 66.4 Å². The van der Waals surface area contributed by atoms with E-state index in [1.165, 1.54) is 22.5 Å². The van der Waals surface area contributed by atoms with Crippen LogP contribution in [0.5, 0.6) is 0 Å². The molecular weight excluding hydrogens is 573 g/mol. The number of aromatic nitrogens is 2. The van der Waals surface area contributed by atoms with Crippen molar-refractivity contribution < 1.29 is 17.2 Å². The molecule has 1 aliphatic carbocycles. The van der Waals surface area contributed by atoms with Gasteiger partial charge in [-0.2, -0.15) is 13.1 Å². The molecule has 3 aromatic rings. The largest absolute Gasteiger partial charge is 0.338 e. The second-order valence-corrected chi connectivity index (χ2v) is 11.7. The van der Waals surface area contributed by atoms with Crippen molar-refractivity contribution in [3.8, 4) is 0 Å². The van der Waals surface area contributed by atoms with Crippen LogP contribution in [-0.4, -0.2) is 48.9 Å². The smallest absolute Gasteiger partial charge is 0.315 e. The molecule has 2 aromatic carbocycles. The maximum atomic E-state index is 15.3. The normalized spacial score (nSPS) is 17.7. The highest BCUT2D eigenvalue weighted by Gasteiger charge is 2.39. The zero-order valence-corrected chi connectivity index (χ0v) is 21.2. The van der Waals surface area contributed by atoms with E-state index >= 15 is 8.78 Å². The zero-order chi connectivity index (χ0) is 23.9. The first-order valence-electron chi connectivity index (χ1n) is 11.1. The number of anilines is 1. The minimum atomic E-state index is -3.62. The molecule has 1 aliphatic heterocycles. The number of sulfonamides is 1. The highest BCUT2D eigenvalue weighted by molar-refractivity contribution is 14.1. The summed E-state index contributed by atoms with van der Waals surface area (Å²) >= 11 is 2.13. The Morgan fingerprint density at radius 1 is 0.912 bits per heavy atom. The summed E-state index contributed by atoms with van der Waals surface area (Å²) in [6.45, 7) is 1.12. The van der Waals surface area contributed by atoms with Crippen LogP contribution in [0.25, 0.3) is 0 Å². The summed E-state index contributed by atoms with van der Waals surface area (Å²) in [7, 11) is -3.62. The lowest BCUT2D eigenvalue weighted by atomic mass is 10.0. The van der Waals surface area contributed by atoms with Crippen molar-refractivity contribution in [2.24, 2.45) is 0 Å². The van der Waals surface area contributed by atoms with Gasteiger partial charge >= 0.3 is 5.92 Å². The van der Waals surface area contributed by atoms with E-state index in [0.717, 1.165) is 16.4 Å². The molecule has 1 aromatic heterocycles. The molecule has 1 saturated carbocycles. The Bertz CT molecular complexity index is 1280. The first-order chi connectivity index (χ1) is 16.2. The highest BCUT2D eigenvalue weighted by Crippen LogP contribution is 2.42. The van der Waals surface area contributed by atoms with Gasteiger partial charge in [-0.25, -0.2) is 18.4 Å². The number of rotatable bonds is 6. The van der Waals surface area contributed by atoms with Gasteiger partial charge in [0.05, 0.1) is 4.90 Å². The van der Waals surface area contributed by atoms with Gasteiger partial charge < -0.3 is 4.90 Å². The molecule has 0 atom stereocenters. The fourth-order valence-corrected chi connectivity index (χ4v) is 5.80. The molecule has 6 nitrogen and oxygen atoms in total. The Morgan fingerprint density at radius 3 is 2.18 bits per heavy atom. The van der Waals surface area contributed by atoms with Crippen LogP contribution in [0.15, 0.2) is 65.6 Å². The van der Waals surface area contributed by atoms with Gasteiger partial charge in [0.1, 0.15) is 5.69 Å². The number of piperazine rings is 1. The average Bonchev–Trinajstić information content (AvgIpc) is 3.70. The van der Waals surface area contributed by atoms with Crippen LogP contribution in [0, 0.1) is 3.57 Å². The number of nitrogens with zero attached hydrogens (tertiary/aromatic N) is 4. The van der Waals surface area contributed by atoms with Gasteiger partial charge in [-0.15, -0.1) is 0 Å². The third-order valence-corrected chi connectivity index (χ3v) is 8.79. The molecule has 178 valence electrons. The molecule has 2 aliphatic rings. The number of benzene rings is 2. The summed E-state index contributed by atoms with van der Waals surface area (Å²) < 4.78 is 59.1. The van der Waals surface area contributed by atoms with Crippen molar-refractivity contribution in [3.05, 3.63) is 81.2 Å². The number of hydrogen-bond acceptors (Lipinski definition) is 5. The zero-order valence-electron chi connectivity index (χ0n) is 18.2. The maximum Gasteiger partial charge on any atom is 0.315 e. The summed E-state index contributed by atoms with van der Waals surface area (Å²) in [5, 5.41) is 0. The summed E-state index contributed by atoms with van der Waals surface area (Å²) in [4.78, 5) is 10.9. The van der Waals surface area contributed by atoms with Crippen molar-refractivity contribution in [1.82, 2.24) is 14.3 Å². The van der Waals surface area contributed by atoms with Crippen LogP contribution in [0.3, 0.4) is 0 Å². The minimum absolute atomic E-state index is 0.116. The van der Waals surface area contributed by atoms with Crippen LogP contribution in [-0.2, 0) is 15.9 Å². The van der Waals surface area contributed by atoms with Crippen LogP contribution < -0.4 is 4.90 Å². The van der Waals surface area contributed by atoms with Crippen molar-refractivity contribution in [2.75, 3.05) is 31.1 Å². The van der Waals surface area contributed by atoms with Crippen molar-refractivity contribution in [1.29, 1.82) is 0 Å². The van der Waals surface area contributed by atoms with E-state index in [1.54, 1.807) is 47.4 Å². The SMILES string of the molecule is O=S(=O)(c1ccc(I)cc1)N1CCN(c2nc(C3CC3)cc(C(F)(F)c3ccccc3)n2)CC1. The summed E-state index contributed by atoms with van der Waals surface area (Å²) in [5.41, 5.74) is 0.193. The van der Waals surface area contributed by atoms with Crippen LogP contribution >= 0.6 is 22.6 Å². The molecular formula is C24H23F2IN4O2S. The van der Waals surface area contributed by atoms with Gasteiger partial charge in [-0.05, 0) is 65.8 Å². The fourth-order valence-electron chi connectivity index (χ4n) is 4.02. The Balaban J connectivity index is 1.39. The van der Waals surface area contributed by atoms with Crippen molar-refractivity contribution in [2.45, 2.75) is 29.6 Å². The van der Waals surface area contributed by atoms with Gasteiger partial charge in [0.2, 0.25) is 16.0 Å². The Hall–Kier alpha value is -2.18. The van der Waals surface area contributed by atoms with Crippen molar-refractivity contribution >= 4 is 38.6 Å². The first-order valence-corrected chi connectivity index (χ1v) is 13.6. The molecule has 2 heterocycles. The van der Waals surface area contributed by atoms with Gasteiger partial charge in [-0.1, -0.05) is 30.3 Å². The third kappa shape index (κ3) is 4.67. The highest BCUT2D eigenvalue weighted by atomic mass is 127. The molecule has 0 amide bonds. The lowest BCUT2D eigenvalue weighted by Gasteiger charge is -2.34. The predicted octanol–water partition coefficient (Wildman–Crippen LogP) is 4.61. The monoisotopic (exact) mass is 596 g/mol. The summed E-state index contributed by atoms with van der Waals surface area (Å²) in [6, 6.07) is 15.8. The lowest BCUT2D eigenvalue weighted by molar-refractivity contribution is 0.0378. The van der Waals surface area contributed by atoms with E-state index in [4.69, 9.17) is 0 Å². The molecule has 34 heavy (non-hydrogen) atoms. The van der Waals surface area contributed by atoms with E-state index in [1.807, 2.05) is 0 Å². The molecule has 0 unspecified atom stereocenters. The van der Waals surface area contributed by atoms with E-state index in [0.29, 0.717) is 18.8 Å². The minimum Gasteiger partial charge on any atom is -0.338 e. The Labute approximate surface area is 211 Å². The van der Waals surface area contributed by atoms with E-state index in [-0.39, 0.29) is 41.1 Å². The van der Waals surface area contributed by atoms with Gasteiger partial charge in [0.15, 0.2) is 0 Å². The van der Waals surface area contributed by atoms with Crippen LogP contribution in [0.2, 0.25) is 0 Å². The van der Waals surface area contributed by atoms with Crippen LogP contribution in [0.4, 0.5) is 14.7 Å². The van der Waals surface area contributed by atoms with Crippen molar-refractivity contribution in [3.63, 3.8) is 0 Å². The average molecular weight is 596 g/mol. The van der Waals surface area contributed by atoms with E-state index < -0.39 is 15.9 Å². The molecule has 1 saturated heterocycles. The molecule has 0 radical (unpaired) electrons. The Morgan fingerprint density at radius 2 is 1.56 bits per heavy atom. The predicted molar refractivity (Wildman–Crippen MR) is 134 cm³/mol. The summed E-state index contributed by atoms with van der Waals surface area (Å²) in [5.74, 6) is -2.84. The Kier molecular flexibility index (Phi) is 6.32. The van der Waals surface area contributed by atoms with Gasteiger partial charge in [-0.3, -0.25) is 0 Å². The number of hydrogen-bond donors (Lipinski definition) is 0. The van der Waals surface area contributed by atoms with Crippen LogP contribution in [0.1, 0.15) is 35.7 Å². The van der Waals surface area contributed by atoms with E-state index in [9.17, 15) is 8.42 Å². The number of halogens is 3.